The molecule has 1 aliphatic heterocycles. The summed E-state index contributed by atoms with van der Waals surface area (Å²) >= 11 is 0. The molecule has 0 saturated heterocycles. The zero-order chi connectivity index (χ0) is 16.4. The van der Waals surface area contributed by atoms with Crippen molar-refractivity contribution in [3.8, 4) is 11.3 Å². The minimum absolute atomic E-state index is 0.0735. The Bertz CT molecular complexity index is 836. The SMILES string of the molecule is CC1c2nn(C3CC3)nc2-c2ccnc(NC(=O)C3CC3)c2N1C. The Labute approximate surface area is 140 Å². The second-order valence-corrected chi connectivity index (χ2v) is 7.09. The summed E-state index contributed by atoms with van der Waals surface area (Å²) in [7, 11) is 2.02. The quantitative estimate of drug-likeness (QED) is 0.939. The van der Waals surface area contributed by atoms with Crippen LogP contribution in [0.3, 0.4) is 0 Å². The molecule has 2 aliphatic carbocycles. The second kappa shape index (κ2) is 4.78. The average molecular weight is 324 g/mol. The fraction of sp³-hybridized carbons (Fsp3) is 0.529. The summed E-state index contributed by atoms with van der Waals surface area (Å²) in [5.41, 5.74) is 3.86. The third-order valence-electron chi connectivity index (χ3n) is 5.23. The van der Waals surface area contributed by atoms with E-state index in [4.69, 9.17) is 10.2 Å². The van der Waals surface area contributed by atoms with Crippen molar-refractivity contribution in [2.45, 2.75) is 44.7 Å². The molecule has 7 nitrogen and oxygen atoms in total. The van der Waals surface area contributed by atoms with Crippen molar-refractivity contribution in [3.05, 3.63) is 18.0 Å². The molecule has 3 heterocycles. The predicted molar refractivity (Wildman–Crippen MR) is 89.7 cm³/mol. The Hall–Kier alpha value is -2.44. The number of carbonyl (C=O) groups is 1. The van der Waals surface area contributed by atoms with Crippen LogP contribution in [0, 0.1) is 5.92 Å². The normalized spacial score (nSPS) is 22.1. The van der Waals surface area contributed by atoms with Gasteiger partial charge in [-0.25, -0.2) is 4.98 Å². The van der Waals surface area contributed by atoms with Crippen LogP contribution in [0.1, 0.15) is 50.4 Å². The van der Waals surface area contributed by atoms with Gasteiger partial charge in [0.1, 0.15) is 11.4 Å². The van der Waals surface area contributed by atoms with Gasteiger partial charge in [-0.05, 0) is 38.7 Å². The maximum absolute atomic E-state index is 12.2. The molecule has 24 heavy (non-hydrogen) atoms. The predicted octanol–water partition coefficient (Wildman–Crippen LogP) is 2.53. The van der Waals surface area contributed by atoms with Crippen LogP contribution in [0.2, 0.25) is 0 Å². The van der Waals surface area contributed by atoms with Crippen LogP contribution in [0.15, 0.2) is 12.3 Å². The van der Waals surface area contributed by atoms with Crippen LogP contribution in [0.5, 0.6) is 0 Å². The summed E-state index contributed by atoms with van der Waals surface area (Å²) in [6, 6.07) is 2.52. The smallest absolute Gasteiger partial charge is 0.228 e. The first-order chi connectivity index (χ1) is 11.6. The van der Waals surface area contributed by atoms with E-state index >= 15 is 0 Å². The lowest BCUT2D eigenvalue weighted by atomic mass is 9.99. The number of rotatable bonds is 3. The van der Waals surface area contributed by atoms with Crippen LogP contribution < -0.4 is 10.2 Å². The first-order valence-corrected chi connectivity index (χ1v) is 8.63. The first-order valence-electron chi connectivity index (χ1n) is 8.63. The molecule has 124 valence electrons. The molecule has 0 aromatic carbocycles. The molecule has 2 aromatic heterocycles. The summed E-state index contributed by atoms with van der Waals surface area (Å²) in [4.78, 5) is 20.6. The van der Waals surface area contributed by atoms with Crippen molar-refractivity contribution < 1.29 is 4.79 Å². The van der Waals surface area contributed by atoms with Crippen LogP contribution >= 0.6 is 0 Å². The molecule has 1 atom stereocenters. The van der Waals surface area contributed by atoms with Gasteiger partial charge >= 0.3 is 0 Å². The summed E-state index contributed by atoms with van der Waals surface area (Å²) in [5, 5.41) is 12.5. The Kier molecular flexibility index (Phi) is 2.78. The standard InChI is InChI=1S/C17H20N6O/c1-9-13-14(21-23(20-13)11-5-6-11)12-7-8-18-16(15(12)22(9)2)19-17(24)10-3-4-10/h7-11H,3-6H2,1-2H3,(H,18,19,24). The molecule has 1 unspecified atom stereocenters. The number of carbonyl (C=O) groups excluding carboxylic acids is 1. The summed E-state index contributed by atoms with van der Waals surface area (Å²) in [6.45, 7) is 2.12. The molecular weight excluding hydrogens is 304 g/mol. The van der Waals surface area contributed by atoms with Crippen molar-refractivity contribution >= 4 is 17.4 Å². The van der Waals surface area contributed by atoms with Crippen molar-refractivity contribution in [1.29, 1.82) is 0 Å². The van der Waals surface area contributed by atoms with E-state index in [2.05, 4.69) is 22.1 Å². The van der Waals surface area contributed by atoms with Crippen LogP contribution in [0.4, 0.5) is 11.5 Å². The number of hydrogen-bond acceptors (Lipinski definition) is 5. The van der Waals surface area contributed by atoms with Gasteiger partial charge in [-0.3, -0.25) is 4.79 Å². The molecule has 1 N–H and O–H groups in total. The molecule has 0 spiro atoms. The molecule has 2 fully saturated rings. The molecule has 2 saturated carbocycles. The van der Waals surface area contributed by atoms with Gasteiger partial charge in [0.05, 0.1) is 17.8 Å². The minimum atomic E-state index is 0.0735. The highest BCUT2D eigenvalue weighted by atomic mass is 16.2. The van der Waals surface area contributed by atoms with Gasteiger partial charge in [-0.2, -0.15) is 15.0 Å². The first kappa shape index (κ1) is 13.9. The molecule has 2 aromatic rings. The Morgan fingerprint density at radius 1 is 1.25 bits per heavy atom. The van der Waals surface area contributed by atoms with E-state index in [-0.39, 0.29) is 17.9 Å². The lowest BCUT2D eigenvalue weighted by Gasteiger charge is -2.33. The van der Waals surface area contributed by atoms with Gasteiger partial charge < -0.3 is 10.2 Å². The van der Waals surface area contributed by atoms with E-state index in [0.717, 1.165) is 48.3 Å². The van der Waals surface area contributed by atoms with Gasteiger partial charge in [0.25, 0.3) is 0 Å². The average Bonchev–Trinajstić information content (AvgIpc) is 3.49. The lowest BCUT2D eigenvalue weighted by molar-refractivity contribution is -0.117. The molecule has 0 radical (unpaired) electrons. The molecule has 1 amide bonds. The number of pyridine rings is 1. The van der Waals surface area contributed by atoms with E-state index in [0.29, 0.717) is 11.9 Å². The van der Waals surface area contributed by atoms with E-state index in [1.165, 1.54) is 0 Å². The monoisotopic (exact) mass is 324 g/mol. The molecule has 5 rings (SSSR count). The van der Waals surface area contributed by atoms with Crippen LogP contribution in [-0.2, 0) is 4.79 Å². The molecule has 0 bridgehead atoms. The fourth-order valence-corrected chi connectivity index (χ4v) is 3.31. The summed E-state index contributed by atoms with van der Waals surface area (Å²) < 4.78 is 0. The summed E-state index contributed by atoms with van der Waals surface area (Å²) in [6.07, 6.45) is 6.01. The number of amides is 1. The van der Waals surface area contributed by atoms with Gasteiger partial charge in [-0.1, -0.05) is 0 Å². The van der Waals surface area contributed by atoms with Gasteiger partial charge in [-0.15, -0.1) is 0 Å². The summed E-state index contributed by atoms with van der Waals surface area (Å²) in [5.74, 6) is 0.857. The highest BCUT2D eigenvalue weighted by molar-refractivity contribution is 5.99. The zero-order valence-corrected chi connectivity index (χ0v) is 13.9. The minimum Gasteiger partial charge on any atom is -0.363 e. The van der Waals surface area contributed by atoms with Crippen molar-refractivity contribution in [1.82, 2.24) is 20.0 Å². The number of aromatic nitrogens is 4. The largest absolute Gasteiger partial charge is 0.363 e. The van der Waals surface area contributed by atoms with Crippen LogP contribution in [0.25, 0.3) is 11.3 Å². The highest BCUT2D eigenvalue weighted by Gasteiger charge is 2.36. The second-order valence-electron chi connectivity index (χ2n) is 7.09. The maximum atomic E-state index is 12.2. The molecular formula is C17H20N6O. The van der Waals surface area contributed by atoms with E-state index in [1.807, 2.05) is 17.9 Å². The van der Waals surface area contributed by atoms with Crippen molar-refractivity contribution in [2.75, 3.05) is 17.3 Å². The Morgan fingerprint density at radius 2 is 2.04 bits per heavy atom. The number of anilines is 2. The number of hydrogen-bond donors (Lipinski definition) is 1. The Morgan fingerprint density at radius 3 is 2.75 bits per heavy atom. The Balaban J connectivity index is 1.61. The van der Waals surface area contributed by atoms with Crippen molar-refractivity contribution in [2.24, 2.45) is 5.92 Å². The molecule has 7 heteroatoms. The topological polar surface area (TPSA) is 75.9 Å². The number of fused-ring (bicyclic) bond motifs is 3. The van der Waals surface area contributed by atoms with E-state index < -0.39 is 0 Å². The van der Waals surface area contributed by atoms with Crippen LogP contribution in [-0.4, -0.2) is 32.9 Å². The maximum Gasteiger partial charge on any atom is 0.228 e. The fourth-order valence-electron chi connectivity index (χ4n) is 3.31. The third kappa shape index (κ3) is 2.03. The number of nitrogens with one attached hydrogen (secondary N) is 1. The van der Waals surface area contributed by atoms with Gasteiger partial charge in [0.15, 0.2) is 5.82 Å². The van der Waals surface area contributed by atoms with E-state index in [1.54, 1.807) is 6.20 Å². The van der Waals surface area contributed by atoms with Gasteiger partial charge in [0.2, 0.25) is 5.91 Å². The lowest BCUT2D eigenvalue weighted by Crippen LogP contribution is -2.28. The van der Waals surface area contributed by atoms with E-state index in [9.17, 15) is 4.79 Å². The van der Waals surface area contributed by atoms with Gasteiger partial charge in [0, 0.05) is 24.7 Å². The molecule has 3 aliphatic rings. The third-order valence-corrected chi connectivity index (χ3v) is 5.23. The van der Waals surface area contributed by atoms with Crippen molar-refractivity contribution in [3.63, 3.8) is 0 Å². The zero-order valence-electron chi connectivity index (χ0n) is 13.9. The number of nitrogens with zero attached hydrogens (tertiary/aromatic N) is 5. The highest BCUT2D eigenvalue weighted by Crippen LogP contribution is 2.46.